The summed E-state index contributed by atoms with van der Waals surface area (Å²) in [6, 6.07) is 3.11. The predicted molar refractivity (Wildman–Crippen MR) is 97.1 cm³/mol. The van der Waals surface area contributed by atoms with Crippen molar-refractivity contribution in [3.05, 3.63) is 35.9 Å². The second-order valence-corrected chi connectivity index (χ2v) is 8.22. The number of amides is 2. The van der Waals surface area contributed by atoms with Crippen LogP contribution in [0.1, 0.15) is 35.1 Å². The fourth-order valence-corrected chi connectivity index (χ4v) is 5.10. The minimum absolute atomic E-state index is 0.174. The molecule has 0 aromatic heterocycles. The largest absolute Gasteiger partial charge is 0.493 e. The number of carbonyl (C=O) groups excluding carboxylic acids is 2. The summed E-state index contributed by atoms with van der Waals surface area (Å²) in [6.45, 7) is 7.96. The van der Waals surface area contributed by atoms with E-state index in [1.54, 1.807) is 28.8 Å². The molecule has 134 valence electrons. The summed E-state index contributed by atoms with van der Waals surface area (Å²) in [5, 5.41) is 2.61. The summed E-state index contributed by atoms with van der Waals surface area (Å²) in [4.78, 5) is 27.6. The summed E-state index contributed by atoms with van der Waals surface area (Å²) in [7, 11) is 3.05. The molecule has 2 heterocycles. The standard InChI is InChI=1S/C18H22N2O4S/c1-6-9-19-15(21)14-18(2,3)25-17-10-7-8-11(23-4)13(24-5)12(10)16(22)20(14)17/h6-8,14,17H,1,9H2,2-5H3,(H,19,21)/t14-,17-/m0/s1. The number of ether oxygens (including phenoxy) is 2. The molecule has 0 unspecified atom stereocenters. The number of carbonyl (C=O) groups is 2. The van der Waals surface area contributed by atoms with Crippen LogP contribution in [-0.2, 0) is 4.79 Å². The maximum atomic E-state index is 13.2. The van der Waals surface area contributed by atoms with Crippen molar-refractivity contribution in [2.75, 3.05) is 20.8 Å². The first-order valence-electron chi connectivity index (χ1n) is 8.01. The van der Waals surface area contributed by atoms with E-state index in [-0.39, 0.29) is 17.2 Å². The van der Waals surface area contributed by atoms with Crippen LogP contribution in [0.5, 0.6) is 11.5 Å². The molecule has 0 aliphatic carbocycles. The second kappa shape index (κ2) is 6.29. The molecule has 2 aliphatic rings. The molecule has 2 aliphatic heterocycles. The number of fused-ring (bicyclic) bond motifs is 3. The molecule has 6 nitrogen and oxygen atoms in total. The lowest BCUT2D eigenvalue weighted by molar-refractivity contribution is -0.125. The van der Waals surface area contributed by atoms with Gasteiger partial charge in [-0.3, -0.25) is 9.59 Å². The molecule has 25 heavy (non-hydrogen) atoms. The van der Waals surface area contributed by atoms with Crippen LogP contribution >= 0.6 is 11.8 Å². The zero-order chi connectivity index (χ0) is 18.4. The topological polar surface area (TPSA) is 67.9 Å². The van der Waals surface area contributed by atoms with E-state index in [0.29, 0.717) is 23.6 Å². The molecule has 2 atom stereocenters. The third-order valence-electron chi connectivity index (χ3n) is 4.57. The zero-order valence-corrected chi connectivity index (χ0v) is 15.6. The van der Waals surface area contributed by atoms with Crippen LogP contribution in [0.25, 0.3) is 0 Å². The normalized spacial score (nSPS) is 23.0. The van der Waals surface area contributed by atoms with Gasteiger partial charge in [-0.15, -0.1) is 18.3 Å². The van der Waals surface area contributed by atoms with Gasteiger partial charge in [0, 0.05) is 16.9 Å². The Morgan fingerprint density at radius 3 is 2.72 bits per heavy atom. The second-order valence-electron chi connectivity index (χ2n) is 6.49. The van der Waals surface area contributed by atoms with Gasteiger partial charge in [-0.05, 0) is 19.9 Å². The molecule has 0 radical (unpaired) electrons. The highest BCUT2D eigenvalue weighted by atomic mass is 32.2. The van der Waals surface area contributed by atoms with E-state index < -0.39 is 10.8 Å². The van der Waals surface area contributed by atoms with Crippen LogP contribution in [0, 0.1) is 0 Å². The number of hydrogen-bond acceptors (Lipinski definition) is 5. The molecule has 1 fully saturated rings. The quantitative estimate of drug-likeness (QED) is 0.815. The molecule has 3 rings (SSSR count). The van der Waals surface area contributed by atoms with Gasteiger partial charge >= 0.3 is 0 Å². The van der Waals surface area contributed by atoms with Gasteiger partial charge in [0.1, 0.15) is 11.4 Å². The third kappa shape index (κ3) is 2.57. The van der Waals surface area contributed by atoms with Gasteiger partial charge in [0.15, 0.2) is 11.5 Å². The first-order valence-corrected chi connectivity index (χ1v) is 8.89. The van der Waals surface area contributed by atoms with Crippen LogP contribution < -0.4 is 14.8 Å². The molecule has 0 saturated carbocycles. The van der Waals surface area contributed by atoms with Gasteiger partial charge in [0.25, 0.3) is 5.91 Å². The van der Waals surface area contributed by atoms with Crippen molar-refractivity contribution in [2.45, 2.75) is 30.0 Å². The first-order chi connectivity index (χ1) is 11.9. The van der Waals surface area contributed by atoms with Crippen LogP contribution in [0.2, 0.25) is 0 Å². The SMILES string of the molecule is C=CCNC(=O)[C@@H]1N2C(=O)c3c(ccc(OC)c3OC)[C@@H]2SC1(C)C. The Hall–Kier alpha value is -2.15. The van der Waals surface area contributed by atoms with Crippen molar-refractivity contribution < 1.29 is 19.1 Å². The Kier molecular flexibility index (Phi) is 4.45. The van der Waals surface area contributed by atoms with Crippen LogP contribution in [-0.4, -0.2) is 48.3 Å². The molecule has 1 aromatic rings. The number of methoxy groups -OCH3 is 2. The number of nitrogens with one attached hydrogen (secondary N) is 1. The molecular weight excluding hydrogens is 340 g/mol. The lowest BCUT2D eigenvalue weighted by atomic mass is 10.0. The number of thioether (sulfide) groups is 1. The fourth-order valence-electron chi connectivity index (χ4n) is 3.53. The summed E-state index contributed by atoms with van der Waals surface area (Å²) >= 11 is 1.61. The average molecular weight is 362 g/mol. The summed E-state index contributed by atoms with van der Waals surface area (Å²) in [5.74, 6) is 0.551. The molecule has 0 spiro atoms. The van der Waals surface area contributed by atoms with Crippen LogP contribution in [0.4, 0.5) is 0 Å². The van der Waals surface area contributed by atoms with Crippen LogP contribution in [0.15, 0.2) is 24.8 Å². The van der Waals surface area contributed by atoms with E-state index in [2.05, 4.69) is 11.9 Å². The molecule has 7 heteroatoms. The van der Waals surface area contributed by atoms with E-state index in [1.807, 2.05) is 19.9 Å². The molecule has 0 bridgehead atoms. The number of nitrogens with zero attached hydrogens (tertiary/aromatic N) is 1. The van der Waals surface area contributed by atoms with Crippen LogP contribution in [0.3, 0.4) is 0 Å². The maximum absolute atomic E-state index is 13.2. The first kappa shape index (κ1) is 17.7. The van der Waals surface area contributed by atoms with Gasteiger partial charge < -0.3 is 19.7 Å². The molecule has 2 amide bonds. The van der Waals surface area contributed by atoms with E-state index >= 15 is 0 Å². The zero-order valence-electron chi connectivity index (χ0n) is 14.8. The predicted octanol–water partition coefficient (Wildman–Crippen LogP) is 2.35. The van der Waals surface area contributed by atoms with Gasteiger partial charge in [0.2, 0.25) is 5.91 Å². The summed E-state index contributed by atoms with van der Waals surface area (Å²) in [5.41, 5.74) is 1.34. The Labute approximate surface area is 151 Å². The van der Waals surface area contributed by atoms with E-state index in [9.17, 15) is 9.59 Å². The molecule has 1 N–H and O–H groups in total. The summed E-state index contributed by atoms with van der Waals surface area (Å²) < 4.78 is 10.3. The minimum atomic E-state index is -0.571. The Morgan fingerprint density at radius 1 is 1.40 bits per heavy atom. The molecule has 1 aromatic carbocycles. The van der Waals surface area contributed by atoms with Crippen molar-refractivity contribution in [1.82, 2.24) is 10.2 Å². The van der Waals surface area contributed by atoms with Gasteiger partial charge in [-0.25, -0.2) is 0 Å². The van der Waals surface area contributed by atoms with Crippen molar-refractivity contribution in [2.24, 2.45) is 0 Å². The fraction of sp³-hybridized carbons (Fsp3) is 0.444. The molecular formula is C18H22N2O4S. The number of rotatable bonds is 5. The van der Waals surface area contributed by atoms with Crippen molar-refractivity contribution in [3.8, 4) is 11.5 Å². The average Bonchev–Trinajstić information content (AvgIpc) is 3.01. The Bertz CT molecular complexity index is 747. The number of benzene rings is 1. The summed E-state index contributed by atoms with van der Waals surface area (Å²) in [6.07, 6.45) is 1.62. The monoisotopic (exact) mass is 362 g/mol. The highest BCUT2D eigenvalue weighted by molar-refractivity contribution is 8.01. The number of hydrogen-bond donors (Lipinski definition) is 1. The van der Waals surface area contributed by atoms with Gasteiger partial charge in [0.05, 0.1) is 19.8 Å². The molecule has 1 saturated heterocycles. The van der Waals surface area contributed by atoms with Gasteiger partial charge in [-0.1, -0.05) is 12.1 Å². The highest BCUT2D eigenvalue weighted by Crippen LogP contribution is 2.58. The van der Waals surface area contributed by atoms with E-state index in [0.717, 1.165) is 5.56 Å². The Balaban J connectivity index is 2.06. The minimum Gasteiger partial charge on any atom is -0.493 e. The van der Waals surface area contributed by atoms with Crippen molar-refractivity contribution in [3.63, 3.8) is 0 Å². The maximum Gasteiger partial charge on any atom is 0.260 e. The Morgan fingerprint density at radius 2 is 2.12 bits per heavy atom. The lowest BCUT2D eigenvalue weighted by Crippen LogP contribution is -2.52. The van der Waals surface area contributed by atoms with Crippen molar-refractivity contribution in [1.29, 1.82) is 0 Å². The smallest absolute Gasteiger partial charge is 0.260 e. The third-order valence-corrected chi connectivity index (χ3v) is 6.10. The lowest BCUT2D eigenvalue weighted by Gasteiger charge is -2.29. The van der Waals surface area contributed by atoms with Crippen molar-refractivity contribution >= 4 is 23.6 Å². The van der Waals surface area contributed by atoms with Gasteiger partial charge in [-0.2, -0.15) is 0 Å². The van der Waals surface area contributed by atoms with E-state index in [1.165, 1.54) is 14.2 Å². The highest BCUT2D eigenvalue weighted by Gasteiger charge is 2.58. The van der Waals surface area contributed by atoms with E-state index in [4.69, 9.17) is 9.47 Å².